The summed E-state index contributed by atoms with van der Waals surface area (Å²) >= 11 is 0. The number of rotatable bonds is 8. The summed E-state index contributed by atoms with van der Waals surface area (Å²) in [4.78, 5) is 38.5. The van der Waals surface area contributed by atoms with Crippen LogP contribution >= 0.6 is 0 Å². The van der Waals surface area contributed by atoms with Gasteiger partial charge in [0.15, 0.2) is 23.1 Å². The first-order chi connectivity index (χ1) is 20.1. The molecule has 216 valence electrons. The molecule has 0 saturated carbocycles. The van der Waals surface area contributed by atoms with Gasteiger partial charge < -0.3 is 28.9 Å². The smallest absolute Gasteiger partial charge is 0.261 e. The number of H-pyrrole nitrogens is 1. The fourth-order valence-corrected chi connectivity index (χ4v) is 4.60. The normalized spacial score (nSPS) is 11.1. The van der Waals surface area contributed by atoms with E-state index in [-0.39, 0.29) is 40.1 Å². The molecule has 4 aromatic heterocycles. The van der Waals surface area contributed by atoms with Crippen molar-refractivity contribution in [2.24, 2.45) is 0 Å². The number of nitrogens with zero attached hydrogens (tertiary/aromatic N) is 2. The number of aromatic amines is 1. The van der Waals surface area contributed by atoms with Crippen LogP contribution in [0, 0.1) is 19.7 Å². The van der Waals surface area contributed by atoms with Crippen LogP contribution in [0.5, 0.6) is 23.1 Å². The topological polar surface area (TPSA) is 129 Å². The van der Waals surface area contributed by atoms with Crippen LogP contribution in [0.15, 0.2) is 57.9 Å². The maximum atomic E-state index is 15.2. The van der Waals surface area contributed by atoms with Crippen LogP contribution in [0.25, 0.3) is 22.4 Å². The van der Waals surface area contributed by atoms with Crippen molar-refractivity contribution in [3.8, 4) is 34.5 Å². The van der Waals surface area contributed by atoms with Crippen molar-refractivity contribution < 1.29 is 27.8 Å². The molecule has 42 heavy (non-hydrogen) atoms. The van der Waals surface area contributed by atoms with Crippen LogP contribution in [-0.4, -0.2) is 35.1 Å². The molecule has 0 aliphatic rings. The zero-order chi connectivity index (χ0) is 30.1. The monoisotopic (exact) mass is 572 g/mol. The average molecular weight is 573 g/mol. The number of ether oxygens (including phenoxy) is 3. The fraction of sp³-hybridized carbons (Fsp3) is 0.226. The van der Waals surface area contributed by atoms with Gasteiger partial charge in [-0.2, -0.15) is 0 Å². The van der Waals surface area contributed by atoms with Gasteiger partial charge in [0, 0.05) is 47.4 Å². The van der Waals surface area contributed by atoms with E-state index in [0.29, 0.717) is 33.9 Å². The highest BCUT2D eigenvalue weighted by atomic mass is 19.1. The van der Waals surface area contributed by atoms with Gasteiger partial charge in [0.05, 0.1) is 25.3 Å². The largest absolute Gasteiger partial charge is 0.491 e. The summed E-state index contributed by atoms with van der Waals surface area (Å²) in [6.07, 6.45) is 1.50. The Hall–Kier alpha value is -5.19. The number of aromatic nitrogens is 3. The second-order valence-corrected chi connectivity index (χ2v) is 9.89. The van der Waals surface area contributed by atoms with Crippen molar-refractivity contribution in [1.82, 2.24) is 15.0 Å². The third kappa shape index (κ3) is 5.28. The summed E-state index contributed by atoms with van der Waals surface area (Å²) in [7, 11) is 2.94. The molecule has 11 heteroatoms. The Bertz CT molecular complexity index is 1880. The number of benzene rings is 1. The quantitative estimate of drug-likeness (QED) is 0.215. The van der Waals surface area contributed by atoms with E-state index in [2.05, 4.69) is 20.3 Å². The molecule has 0 spiro atoms. The number of methoxy groups -OCH3 is 2. The summed E-state index contributed by atoms with van der Waals surface area (Å²) in [6.45, 7) is 7.33. The molecule has 0 atom stereocenters. The molecule has 1 aromatic carbocycles. The third-order valence-electron chi connectivity index (χ3n) is 6.68. The van der Waals surface area contributed by atoms with Gasteiger partial charge in [-0.05, 0) is 38.1 Å². The first-order valence-electron chi connectivity index (χ1n) is 13.1. The van der Waals surface area contributed by atoms with Gasteiger partial charge in [-0.3, -0.25) is 14.6 Å². The number of carbonyl (C=O) groups excluding carboxylic acids is 1. The number of pyridine rings is 3. The second-order valence-electron chi connectivity index (χ2n) is 9.89. The number of fused-ring (bicyclic) bond motifs is 1. The molecule has 0 saturated heterocycles. The highest BCUT2D eigenvalue weighted by Crippen LogP contribution is 2.35. The molecule has 5 aromatic rings. The first kappa shape index (κ1) is 28.3. The molecule has 2 N–H and O–H groups in total. The molecule has 0 aliphatic heterocycles. The Morgan fingerprint density at radius 2 is 1.79 bits per heavy atom. The van der Waals surface area contributed by atoms with E-state index < -0.39 is 17.2 Å². The number of furan rings is 1. The lowest BCUT2D eigenvalue weighted by atomic mass is 10.0. The van der Waals surface area contributed by atoms with Crippen molar-refractivity contribution >= 4 is 22.6 Å². The Morgan fingerprint density at radius 3 is 2.45 bits per heavy atom. The van der Waals surface area contributed by atoms with Crippen LogP contribution in [-0.2, 0) is 0 Å². The van der Waals surface area contributed by atoms with Gasteiger partial charge >= 0.3 is 0 Å². The minimum absolute atomic E-state index is 0.0995. The molecule has 0 fully saturated rings. The molecule has 0 bridgehead atoms. The summed E-state index contributed by atoms with van der Waals surface area (Å²) in [5.41, 5.74) is 1.55. The Morgan fingerprint density at radius 1 is 1.00 bits per heavy atom. The molecule has 10 nitrogen and oxygen atoms in total. The van der Waals surface area contributed by atoms with E-state index in [0.717, 1.165) is 11.8 Å². The van der Waals surface area contributed by atoms with E-state index in [9.17, 15) is 9.59 Å². The van der Waals surface area contributed by atoms with Crippen LogP contribution < -0.4 is 25.0 Å². The highest BCUT2D eigenvalue weighted by Gasteiger charge is 2.23. The zero-order valence-electron chi connectivity index (χ0n) is 23.9. The van der Waals surface area contributed by atoms with Gasteiger partial charge in [0.25, 0.3) is 11.8 Å². The van der Waals surface area contributed by atoms with E-state index in [1.807, 2.05) is 19.9 Å². The number of amides is 1. The van der Waals surface area contributed by atoms with Gasteiger partial charge in [-0.15, -0.1) is 0 Å². The SMILES string of the molecule is COc1cc2nccc(Oc3ccc(NC(=O)c4c(C)[nH]c(C)c(-c5ccc(C(C)C)o5)c4=O)cc3F)c2nc1OC. The average Bonchev–Trinajstić information content (AvgIpc) is 3.43. The van der Waals surface area contributed by atoms with Crippen LogP contribution in [0.2, 0.25) is 0 Å². The second kappa shape index (κ2) is 11.4. The van der Waals surface area contributed by atoms with E-state index in [4.69, 9.17) is 18.6 Å². The van der Waals surface area contributed by atoms with Gasteiger partial charge in [-0.1, -0.05) is 13.8 Å². The third-order valence-corrected chi connectivity index (χ3v) is 6.68. The molecular weight excluding hydrogens is 543 g/mol. The zero-order valence-corrected chi connectivity index (χ0v) is 23.9. The van der Waals surface area contributed by atoms with Crippen molar-refractivity contribution in [2.75, 3.05) is 19.5 Å². The predicted octanol–water partition coefficient (Wildman–Crippen LogP) is 6.52. The minimum Gasteiger partial charge on any atom is -0.491 e. The number of anilines is 1. The van der Waals surface area contributed by atoms with Gasteiger partial charge in [0.2, 0.25) is 5.43 Å². The molecule has 0 aliphatic carbocycles. The number of hydrogen-bond acceptors (Lipinski definition) is 8. The Labute approximate surface area is 240 Å². The lowest BCUT2D eigenvalue weighted by Crippen LogP contribution is -2.26. The van der Waals surface area contributed by atoms with Crippen molar-refractivity contribution in [3.63, 3.8) is 0 Å². The molecule has 0 radical (unpaired) electrons. The number of nitrogens with one attached hydrogen (secondary N) is 2. The molecule has 4 heterocycles. The molecule has 0 unspecified atom stereocenters. The summed E-state index contributed by atoms with van der Waals surface area (Å²) < 4.78 is 37.4. The number of hydrogen-bond donors (Lipinski definition) is 2. The maximum absolute atomic E-state index is 15.2. The summed E-state index contributed by atoms with van der Waals surface area (Å²) in [6, 6.07) is 10.6. The predicted molar refractivity (Wildman–Crippen MR) is 155 cm³/mol. The Balaban J connectivity index is 1.42. The molecular formula is C31H29FN4O6. The fourth-order valence-electron chi connectivity index (χ4n) is 4.60. The Kier molecular flexibility index (Phi) is 7.66. The maximum Gasteiger partial charge on any atom is 0.261 e. The van der Waals surface area contributed by atoms with E-state index >= 15 is 4.39 Å². The molecule has 5 rings (SSSR count). The van der Waals surface area contributed by atoms with Crippen LogP contribution in [0.4, 0.5) is 10.1 Å². The van der Waals surface area contributed by atoms with Crippen LogP contribution in [0.3, 0.4) is 0 Å². The number of halogens is 1. The van der Waals surface area contributed by atoms with E-state index in [1.165, 1.54) is 32.5 Å². The lowest BCUT2D eigenvalue weighted by Gasteiger charge is -2.13. The van der Waals surface area contributed by atoms with Gasteiger partial charge in [-0.25, -0.2) is 9.37 Å². The standard InChI is InChI=1S/C31H29FN4O6/c1-15(2)21-9-10-23(41-21)26-16(3)34-17(4)27(29(26)37)30(38)35-18-7-8-22(19(32)13-18)42-24-11-12-33-20-14-25(39-5)31(40-6)36-28(20)24/h7-15H,1-6H3,(H,34,37)(H,35,38). The summed E-state index contributed by atoms with van der Waals surface area (Å²) in [5, 5.41) is 2.61. The van der Waals surface area contributed by atoms with Crippen molar-refractivity contribution in [2.45, 2.75) is 33.6 Å². The number of aryl methyl sites for hydroxylation is 2. The highest BCUT2D eigenvalue weighted by molar-refractivity contribution is 6.05. The van der Waals surface area contributed by atoms with Gasteiger partial charge in [0.1, 0.15) is 22.6 Å². The minimum atomic E-state index is -0.745. The first-order valence-corrected chi connectivity index (χ1v) is 13.1. The molecule has 1 amide bonds. The van der Waals surface area contributed by atoms with Crippen molar-refractivity contribution in [3.05, 3.63) is 87.4 Å². The van der Waals surface area contributed by atoms with E-state index in [1.54, 1.807) is 32.0 Å². The van der Waals surface area contributed by atoms with Crippen molar-refractivity contribution in [1.29, 1.82) is 0 Å². The lowest BCUT2D eigenvalue weighted by molar-refractivity contribution is 0.102. The summed E-state index contributed by atoms with van der Waals surface area (Å²) in [5.74, 6) is 0.531. The number of carbonyl (C=O) groups is 1. The van der Waals surface area contributed by atoms with Crippen LogP contribution in [0.1, 0.15) is 47.3 Å².